The minimum atomic E-state index is -0.662. The maximum atomic E-state index is 12.3. The van der Waals surface area contributed by atoms with Crippen molar-refractivity contribution in [2.75, 3.05) is 7.11 Å². The fourth-order valence-electron chi connectivity index (χ4n) is 4.05. The molecule has 0 aromatic carbocycles. The van der Waals surface area contributed by atoms with Crippen molar-refractivity contribution >= 4 is 29.0 Å². The number of hydrogen-bond donors (Lipinski definition) is 2. The van der Waals surface area contributed by atoms with Crippen molar-refractivity contribution in [2.24, 2.45) is 11.7 Å². The molecule has 2 aliphatic rings. The van der Waals surface area contributed by atoms with Crippen LogP contribution in [-0.2, 0) is 20.8 Å². The van der Waals surface area contributed by atoms with Crippen molar-refractivity contribution in [3.05, 3.63) is 29.6 Å². The highest BCUT2D eigenvalue weighted by Crippen LogP contribution is 2.32. The van der Waals surface area contributed by atoms with E-state index < -0.39 is 17.7 Å². The molecule has 0 saturated heterocycles. The monoisotopic (exact) mass is 472 g/mol. The molecule has 2 heterocycles. The number of methoxy groups -OCH3 is 1. The highest BCUT2D eigenvalue weighted by Gasteiger charge is 2.26. The third-order valence-electron chi connectivity index (χ3n) is 5.88. The van der Waals surface area contributed by atoms with Gasteiger partial charge in [0.1, 0.15) is 5.60 Å². The predicted octanol–water partition coefficient (Wildman–Crippen LogP) is 3.91. The number of hydrogen-bond acceptors (Lipinski definition) is 7. The normalized spacial score (nSPS) is 16.0. The van der Waals surface area contributed by atoms with E-state index in [4.69, 9.17) is 15.2 Å². The number of nitrogens with two attached hydrogens (primary N) is 1. The van der Waals surface area contributed by atoms with E-state index in [1.165, 1.54) is 62.6 Å². The van der Waals surface area contributed by atoms with E-state index in [-0.39, 0.29) is 12.1 Å². The molecule has 9 heteroatoms. The molecule has 3 N–H and O–H groups in total. The van der Waals surface area contributed by atoms with Crippen molar-refractivity contribution in [2.45, 2.75) is 83.9 Å². The van der Waals surface area contributed by atoms with Gasteiger partial charge in [-0.05, 0) is 64.0 Å². The van der Waals surface area contributed by atoms with E-state index in [1.54, 1.807) is 26.8 Å². The van der Waals surface area contributed by atoms with Crippen molar-refractivity contribution in [3.8, 4) is 0 Å². The summed E-state index contributed by atoms with van der Waals surface area (Å²) in [5.41, 5.74) is 6.30. The average molecular weight is 473 g/mol. The summed E-state index contributed by atoms with van der Waals surface area (Å²) in [7, 11) is 1.28. The van der Waals surface area contributed by atoms with E-state index in [0.29, 0.717) is 28.5 Å². The van der Waals surface area contributed by atoms with Crippen LogP contribution in [0.3, 0.4) is 0 Å². The maximum absolute atomic E-state index is 12.3. The Morgan fingerprint density at radius 3 is 2.41 bits per heavy atom. The van der Waals surface area contributed by atoms with Crippen LogP contribution in [0.15, 0.2) is 18.5 Å². The molecular formula is C25H36N4O5. The predicted molar refractivity (Wildman–Crippen MR) is 128 cm³/mol. The molecule has 0 bridgehead atoms. The molecule has 2 aliphatic carbocycles. The first-order valence-electron chi connectivity index (χ1n) is 11.9. The highest BCUT2D eigenvalue weighted by molar-refractivity contribution is 6.06. The summed E-state index contributed by atoms with van der Waals surface area (Å²) in [4.78, 5) is 39.8. The molecule has 2 fully saturated rings. The van der Waals surface area contributed by atoms with Gasteiger partial charge in [0.2, 0.25) is 5.91 Å². The number of carbonyl (C=O) groups excluding carboxylic acids is 3. The second-order valence-corrected chi connectivity index (χ2v) is 9.95. The summed E-state index contributed by atoms with van der Waals surface area (Å²) >= 11 is 0. The third kappa shape index (κ3) is 6.79. The van der Waals surface area contributed by atoms with Crippen LogP contribution in [0.5, 0.6) is 0 Å². The largest absolute Gasteiger partial charge is 0.465 e. The second kappa shape index (κ2) is 11.0. The van der Waals surface area contributed by atoms with Crippen LogP contribution in [0, 0.1) is 5.92 Å². The highest BCUT2D eigenvalue weighted by atomic mass is 16.6. The molecule has 186 valence electrons. The number of carbonyl (C=O) groups is 3. The number of nitrogens with one attached hydrogen (secondary N) is 1. The van der Waals surface area contributed by atoms with E-state index in [1.807, 2.05) is 0 Å². The Balaban J connectivity index is 0.000000226. The first-order valence-corrected chi connectivity index (χ1v) is 11.9. The zero-order chi connectivity index (χ0) is 24.9. The van der Waals surface area contributed by atoms with Crippen molar-refractivity contribution < 1.29 is 23.9 Å². The Kier molecular flexibility index (Phi) is 8.30. The molecule has 4 rings (SSSR count). The summed E-state index contributed by atoms with van der Waals surface area (Å²) in [6.07, 6.45) is 10.6. The number of amides is 1. The number of aromatic nitrogens is 2. The van der Waals surface area contributed by atoms with Gasteiger partial charge < -0.3 is 20.5 Å². The van der Waals surface area contributed by atoms with Crippen LogP contribution in [0.25, 0.3) is 11.0 Å². The van der Waals surface area contributed by atoms with Gasteiger partial charge in [-0.1, -0.05) is 12.8 Å². The van der Waals surface area contributed by atoms with Gasteiger partial charge in [-0.15, -0.1) is 0 Å². The molecule has 2 saturated carbocycles. The van der Waals surface area contributed by atoms with Gasteiger partial charge in [0.25, 0.3) is 0 Å². The third-order valence-corrected chi connectivity index (χ3v) is 5.88. The first-order chi connectivity index (χ1) is 16.1. The summed E-state index contributed by atoms with van der Waals surface area (Å²) in [6.45, 7) is 5.49. The van der Waals surface area contributed by atoms with Crippen molar-refractivity contribution in [1.82, 2.24) is 14.9 Å². The molecule has 0 atom stereocenters. The zero-order valence-corrected chi connectivity index (χ0v) is 20.6. The van der Waals surface area contributed by atoms with Gasteiger partial charge in [-0.3, -0.25) is 4.79 Å². The lowest BCUT2D eigenvalue weighted by atomic mass is 10.1. The van der Waals surface area contributed by atoms with Crippen LogP contribution in [0.4, 0.5) is 4.79 Å². The quantitative estimate of drug-likeness (QED) is 0.632. The number of pyridine rings is 1. The number of rotatable bonds is 5. The van der Waals surface area contributed by atoms with E-state index in [0.717, 1.165) is 12.3 Å². The molecule has 2 aromatic heterocycles. The Labute approximate surface area is 200 Å². The second-order valence-electron chi connectivity index (χ2n) is 9.95. The van der Waals surface area contributed by atoms with E-state index in [9.17, 15) is 14.4 Å². The fourth-order valence-corrected chi connectivity index (χ4v) is 4.05. The van der Waals surface area contributed by atoms with Gasteiger partial charge in [-0.2, -0.15) is 0 Å². The average Bonchev–Trinajstić information content (AvgIpc) is 3.28. The number of ether oxygens (including phenoxy) is 2. The summed E-state index contributed by atoms with van der Waals surface area (Å²) in [5.74, 6) is 0.464. The Bertz CT molecular complexity index is 1030. The van der Waals surface area contributed by atoms with Crippen LogP contribution < -0.4 is 11.1 Å². The molecule has 34 heavy (non-hydrogen) atoms. The molecular weight excluding hydrogens is 436 g/mol. The molecule has 0 spiro atoms. The Morgan fingerprint density at radius 1 is 1.18 bits per heavy atom. The van der Waals surface area contributed by atoms with Gasteiger partial charge in [-0.25, -0.2) is 19.1 Å². The smallest absolute Gasteiger partial charge is 0.420 e. The lowest BCUT2D eigenvalue weighted by Crippen LogP contribution is -2.32. The Hall–Kier alpha value is -2.94. The van der Waals surface area contributed by atoms with Crippen molar-refractivity contribution in [1.29, 1.82) is 0 Å². The number of fused-ring (bicyclic) bond motifs is 1. The van der Waals surface area contributed by atoms with Crippen LogP contribution >= 0.6 is 0 Å². The van der Waals surface area contributed by atoms with E-state index in [2.05, 4.69) is 10.3 Å². The molecule has 1 amide bonds. The zero-order valence-electron chi connectivity index (χ0n) is 20.6. The van der Waals surface area contributed by atoms with Gasteiger partial charge >= 0.3 is 12.1 Å². The van der Waals surface area contributed by atoms with Crippen LogP contribution in [0.1, 0.15) is 81.6 Å². The molecule has 2 aromatic rings. The standard InChI is InChI=1S/C15H19N3O4.C10H17NO/c1-15(2,3)22-14(20)18-8-10(13(19)21-4)11-9(7-16)5-6-17-12(11)18;12-10(7-8-5-6-8)11-9-3-1-2-4-9/h5-6,8H,7,16H2,1-4H3;8-9H,1-7H2,(H,11,12). The van der Waals surface area contributed by atoms with Gasteiger partial charge in [0.05, 0.1) is 12.7 Å². The van der Waals surface area contributed by atoms with Crippen LogP contribution in [-0.4, -0.2) is 46.3 Å². The summed E-state index contributed by atoms with van der Waals surface area (Å²) in [6, 6.07) is 2.21. The minimum Gasteiger partial charge on any atom is -0.465 e. The van der Waals surface area contributed by atoms with E-state index >= 15 is 0 Å². The molecule has 0 radical (unpaired) electrons. The first kappa shape index (κ1) is 25.7. The maximum Gasteiger partial charge on any atom is 0.420 e. The minimum absolute atomic E-state index is 0.210. The summed E-state index contributed by atoms with van der Waals surface area (Å²) in [5, 5.41) is 3.61. The fraction of sp³-hybridized carbons (Fsp3) is 0.600. The van der Waals surface area contributed by atoms with Gasteiger partial charge in [0, 0.05) is 36.8 Å². The lowest BCUT2D eigenvalue weighted by molar-refractivity contribution is -0.122. The topological polar surface area (TPSA) is 126 Å². The SMILES string of the molecule is COC(=O)c1cn(C(=O)OC(C)(C)C)c2nccc(CN)c12.O=C(CC1CC1)NC1CCCC1. The molecule has 0 unspecified atom stereocenters. The van der Waals surface area contributed by atoms with Gasteiger partial charge in [0.15, 0.2) is 5.65 Å². The number of esters is 1. The van der Waals surface area contributed by atoms with Crippen molar-refractivity contribution in [3.63, 3.8) is 0 Å². The number of nitrogens with zero attached hydrogens (tertiary/aromatic N) is 2. The summed E-state index contributed by atoms with van der Waals surface area (Å²) < 4.78 is 11.3. The molecule has 9 nitrogen and oxygen atoms in total. The lowest BCUT2D eigenvalue weighted by Gasteiger charge is -2.19. The molecule has 0 aliphatic heterocycles. The van der Waals surface area contributed by atoms with Crippen LogP contribution in [0.2, 0.25) is 0 Å². The Morgan fingerprint density at radius 2 is 1.85 bits per heavy atom.